The number of rotatable bonds is 3. The van der Waals surface area contributed by atoms with Gasteiger partial charge >= 0.3 is 11.9 Å². The molecule has 5 aliphatic carbocycles. The zero-order chi connectivity index (χ0) is 28.7. The molecule has 5 fully saturated rings. The number of carbonyl (C=O) groups excluding carboxylic acids is 1. The summed E-state index contributed by atoms with van der Waals surface area (Å²) in [7, 11) is 0. The van der Waals surface area contributed by atoms with Crippen molar-refractivity contribution in [2.24, 2.45) is 51.7 Å². The van der Waals surface area contributed by atoms with Crippen LogP contribution in [0.25, 0.3) is 0 Å². The topological polar surface area (TPSA) is 162 Å². The molecule has 0 heterocycles. The summed E-state index contributed by atoms with van der Waals surface area (Å²) in [6.45, 7) is 10.0. The van der Waals surface area contributed by atoms with Gasteiger partial charge in [0.15, 0.2) is 0 Å². The summed E-state index contributed by atoms with van der Waals surface area (Å²) in [6, 6.07) is -0.599. The quantitative estimate of drug-likeness (QED) is 0.205. The molecule has 1 unspecified atom stereocenters. The predicted molar refractivity (Wildman–Crippen MR) is 149 cm³/mol. The normalized spacial score (nSPS) is 48.6. The first kappa shape index (κ1) is 28.8. The van der Waals surface area contributed by atoms with Crippen molar-refractivity contribution in [1.82, 2.24) is 0 Å². The first-order valence-electron chi connectivity index (χ1n) is 14.9. The molecule has 218 valence electrons. The summed E-state index contributed by atoms with van der Waals surface area (Å²) >= 11 is 0. The lowest BCUT2D eigenvalue weighted by molar-refractivity contribution is -0.158. The van der Waals surface area contributed by atoms with E-state index in [2.05, 4.69) is 27.7 Å². The highest BCUT2D eigenvalue weighted by atomic mass is 16.5. The summed E-state index contributed by atoms with van der Waals surface area (Å²) in [4.78, 5) is 25.4. The second-order valence-corrected chi connectivity index (χ2v) is 14.2. The molecular formula is C31H49N3O5. The first-order valence-corrected chi connectivity index (χ1v) is 14.9. The minimum atomic E-state index is -0.935. The second kappa shape index (κ2) is 9.68. The van der Waals surface area contributed by atoms with Gasteiger partial charge in [0.25, 0.3) is 0 Å². The number of hydrogen-bond donors (Lipinski definition) is 5. The van der Waals surface area contributed by atoms with Gasteiger partial charge in [0.2, 0.25) is 0 Å². The van der Waals surface area contributed by atoms with Crippen LogP contribution in [0.5, 0.6) is 0 Å². The molecule has 5 aliphatic rings. The Morgan fingerprint density at radius 1 is 1.05 bits per heavy atom. The van der Waals surface area contributed by atoms with E-state index in [0.29, 0.717) is 30.4 Å². The highest BCUT2D eigenvalue weighted by molar-refractivity contribution is 5.89. The third kappa shape index (κ3) is 4.15. The zero-order valence-corrected chi connectivity index (χ0v) is 24.3. The van der Waals surface area contributed by atoms with Crippen molar-refractivity contribution in [3.05, 3.63) is 22.3 Å². The van der Waals surface area contributed by atoms with Crippen LogP contribution in [0, 0.1) is 34.5 Å². The number of nitrogens with two attached hydrogens (primary N) is 3. The molecular weight excluding hydrogens is 494 g/mol. The van der Waals surface area contributed by atoms with Crippen LogP contribution in [0.2, 0.25) is 0 Å². The van der Waals surface area contributed by atoms with Crippen molar-refractivity contribution in [1.29, 1.82) is 0 Å². The van der Waals surface area contributed by atoms with Gasteiger partial charge in [-0.1, -0.05) is 25.0 Å². The minimum Gasteiger partial charge on any atom is -0.478 e. The van der Waals surface area contributed by atoms with Crippen LogP contribution in [0.1, 0.15) is 92.4 Å². The molecule has 0 saturated heterocycles. The summed E-state index contributed by atoms with van der Waals surface area (Å²) in [6.07, 6.45) is 5.40. The number of ether oxygens (including phenoxy) is 1. The van der Waals surface area contributed by atoms with E-state index < -0.39 is 35.1 Å². The maximum Gasteiger partial charge on any atom is 0.331 e. The van der Waals surface area contributed by atoms with Gasteiger partial charge in [-0.05, 0) is 106 Å². The standard InChI is InChI=1S/C31H49N3O5/c1-15(2)17-6-7-18(12-17)24(28(37)38)25-22(39-16(3)35)14-30(5)26(25)20(32)13-23-29(4)10-9-21(36)27(33)19(29)8-11-31(23,30)34/h18-23,26-27,36H,6-14,32-34H2,1-5H3,(H,37,38)/b25-24+/t18?,19-,20-,21+,22-,23-,26-,27-,29-,30-,31+/m0/s1. The summed E-state index contributed by atoms with van der Waals surface area (Å²) < 4.78 is 5.95. The van der Waals surface area contributed by atoms with Crippen LogP contribution in [-0.2, 0) is 14.3 Å². The number of carboxylic acids is 1. The Bertz CT molecular complexity index is 1110. The Labute approximate surface area is 232 Å². The number of fused-ring (bicyclic) bond motifs is 5. The maximum absolute atomic E-state index is 13.0. The van der Waals surface area contributed by atoms with Gasteiger partial charge < -0.3 is 32.2 Å². The molecule has 0 bridgehead atoms. The van der Waals surface area contributed by atoms with E-state index in [0.717, 1.165) is 38.5 Å². The van der Waals surface area contributed by atoms with E-state index in [1.165, 1.54) is 18.1 Å². The van der Waals surface area contributed by atoms with Crippen molar-refractivity contribution in [2.45, 2.75) is 122 Å². The third-order valence-electron chi connectivity index (χ3n) is 12.3. The number of allylic oxidation sites excluding steroid dienone is 2. The average molecular weight is 544 g/mol. The molecule has 8 nitrogen and oxygen atoms in total. The van der Waals surface area contributed by atoms with Crippen molar-refractivity contribution in [2.75, 3.05) is 0 Å². The SMILES string of the molecule is CC(=O)O[C@H]1C[C@@]2(C)[C@H](/C1=C(/C(=O)O)C1CCC(=C(C)C)C1)[C@@H](N)C[C@H]1[C@@]3(C)CC[C@@H](O)[C@@H](N)[C@@H]3CC[C@@]12N. The maximum atomic E-state index is 13.0. The summed E-state index contributed by atoms with van der Waals surface area (Å²) in [5, 5.41) is 21.2. The molecule has 8 N–H and O–H groups in total. The highest BCUT2D eigenvalue weighted by Gasteiger charge is 2.71. The Morgan fingerprint density at radius 2 is 1.74 bits per heavy atom. The van der Waals surface area contributed by atoms with Gasteiger partial charge in [-0.15, -0.1) is 0 Å². The Hall–Kier alpha value is -1.74. The number of aliphatic carboxylic acids is 1. The molecule has 5 rings (SSSR count). The van der Waals surface area contributed by atoms with Crippen LogP contribution in [-0.4, -0.2) is 52.0 Å². The van der Waals surface area contributed by atoms with Crippen molar-refractivity contribution in [3.8, 4) is 0 Å². The molecule has 39 heavy (non-hydrogen) atoms. The lowest BCUT2D eigenvalue weighted by Crippen LogP contribution is -2.74. The highest BCUT2D eigenvalue weighted by Crippen LogP contribution is 2.69. The van der Waals surface area contributed by atoms with E-state index in [9.17, 15) is 19.8 Å². The molecule has 5 saturated carbocycles. The van der Waals surface area contributed by atoms with Crippen LogP contribution in [0.15, 0.2) is 22.3 Å². The molecule has 0 radical (unpaired) electrons. The minimum absolute atomic E-state index is 0.0768. The van der Waals surface area contributed by atoms with Crippen molar-refractivity contribution in [3.63, 3.8) is 0 Å². The number of aliphatic hydroxyl groups is 1. The fourth-order valence-corrected chi connectivity index (χ4v) is 10.3. The Kier molecular flexibility index (Phi) is 7.14. The van der Waals surface area contributed by atoms with Crippen molar-refractivity contribution < 1.29 is 24.5 Å². The molecule has 0 spiro atoms. The lowest BCUT2D eigenvalue weighted by atomic mass is 9.39. The zero-order valence-electron chi connectivity index (χ0n) is 24.3. The first-order chi connectivity index (χ1) is 18.2. The van der Waals surface area contributed by atoms with E-state index in [-0.39, 0.29) is 41.2 Å². The number of carbonyl (C=O) groups is 2. The van der Waals surface area contributed by atoms with E-state index in [1.807, 2.05) is 0 Å². The van der Waals surface area contributed by atoms with Crippen LogP contribution in [0.4, 0.5) is 0 Å². The number of carboxylic acid groups (broad SMARTS) is 1. The van der Waals surface area contributed by atoms with Gasteiger partial charge in [-0.3, -0.25) is 4.79 Å². The fourth-order valence-electron chi connectivity index (χ4n) is 10.3. The summed E-state index contributed by atoms with van der Waals surface area (Å²) in [5.74, 6) is -1.53. The monoisotopic (exact) mass is 543 g/mol. The molecule has 0 aromatic heterocycles. The van der Waals surface area contributed by atoms with Gasteiger partial charge in [0.05, 0.1) is 6.10 Å². The smallest absolute Gasteiger partial charge is 0.331 e. The number of hydrogen-bond acceptors (Lipinski definition) is 7. The largest absolute Gasteiger partial charge is 0.478 e. The van der Waals surface area contributed by atoms with Crippen LogP contribution >= 0.6 is 0 Å². The molecule has 0 aliphatic heterocycles. The molecule has 0 amide bonds. The number of aliphatic hydroxyl groups excluding tert-OH is 1. The van der Waals surface area contributed by atoms with Crippen molar-refractivity contribution >= 4 is 11.9 Å². The third-order valence-corrected chi connectivity index (χ3v) is 12.3. The van der Waals surface area contributed by atoms with E-state index >= 15 is 0 Å². The van der Waals surface area contributed by atoms with Gasteiger partial charge in [0.1, 0.15) is 6.10 Å². The summed E-state index contributed by atoms with van der Waals surface area (Å²) in [5.41, 5.74) is 23.6. The Balaban J connectivity index is 1.64. The van der Waals surface area contributed by atoms with E-state index in [1.54, 1.807) is 0 Å². The van der Waals surface area contributed by atoms with Gasteiger partial charge in [-0.2, -0.15) is 0 Å². The molecule has 8 heteroatoms. The predicted octanol–water partition coefficient (Wildman–Crippen LogP) is 3.41. The second-order valence-electron chi connectivity index (χ2n) is 14.2. The van der Waals surface area contributed by atoms with Crippen LogP contribution < -0.4 is 17.2 Å². The molecule has 0 aromatic carbocycles. The fraction of sp³-hybridized carbons (Fsp3) is 0.806. The van der Waals surface area contributed by atoms with Gasteiger partial charge in [0, 0.05) is 36.0 Å². The lowest BCUT2D eigenvalue weighted by Gasteiger charge is -2.68. The number of esters is 1. The average Bonchev–Trinajstić information content (AvgIpc) is 3.43. The van der Waals surface area contributed by atoms with Crippen LogP contribution in [0.3, 0.4) is 0 Å². The Morgan fingerprint density at radius 3 is 2.33 bits per heavy atom. The molecule has 0 aromatic rings. The van der Waals surface area contributed by atoms with Gasteiger partial charge in [-0.25, -0.2) is 4.79 Å². The van der Waals surface area contributed by atoms with E-state index in [4.69, 9.17) is 21.9 Å². The molecule has 11 atom stereocenters.